The predicted octanol–water partition coefficient (Wildman–Crippen LogP) is 3.86. The van der Waals surface area contributed by atoms with Crippen LogP contribution in [0.3, 0.4) is 0 Å². The van der Waals surface area contributed by atoms with E-state index in [1.807, 2.05) is 18.2 Å². The lowest BCUT2D eigenvalue weighted by Gasteiger charge is -2.11. The van der Waals surface area contributed by atoms with Crippen molar-refractivity contribution in [1.29, 1.82) is 0 Å². The zero-order chi connectivity index (χ0) is 22.7. The number of amides is 2. The fourth-order valence-corrected chi connectivity index (χ4v) is 3.44. The number of halogens is 1. The van der Waals surface area contributed by atoms with Gasteiger partial charge in [0.25, 0.3) is 17.4 Å². The largest absolute Gasteiger partial charge is 0.348 e. The Morgan fingerprint density at radius 3 is 2.44 bits per heavy atom. The summed E-state index contributed by atoms with van der Waals surface area (Å²) in [4.78, 5) is 37.4. The highest BCUT2D eigenvalue weighted by Gasteiger charge is 2.13. The van der Waals surface area contributed by atoms with E-state index < -0.39 is 5.82 Å². The third-order valence-electron chi connectivity index (χ3n) is 5.14. The summed E-state index contributed by atoms with van der Waals surface area (Å²) in [5, 5.41) is 6.28. The maximum Gasteiger partial charge on any atom is 0.255 e. The molecule has 0 spiro atoms. The van der Waals surface area contributed by atoms with Crippen LogP contribution in [0.25, 0.3) is 10.9 Å². The lowest BCUT2D eigenvalue weighted by molar-refractivity contribution is 0.0951. The first-order valence-corrected chi connectivity index (χ1v) is 9.95. The second-order valence-corrected chi connectivity index (χ2v) is 7.32. The molecule has 2 amide bonds. The topological polar surface area (TPSA) is 80.2 Å². The molecular formula is C25H20FN3O3. The van der Waals surface area contributed by atoms with Crippen molar-refractivity contribution in [3.63, 3.8) is 0 Å². The molecule has 7 heteroatoms. The van der Waals surface area contributed by atoms with Crippen molar-refractivity contribution in [2.24, 2.45) is 7.05 Å². The van der Waals surface area contributed by atoms with Crippen molar-refractivity contribution in [3.8, 4) is 0 Å². The fourth-order valence-electron chi connectivity index (χ4n) is 3.44. The molecule has 2 N–H and O–H groups in total. The second kappa shape index (κ2) is 8.85. The minimum atomic E-state index is -0.414. The van der Waals surface area contributed by atoms with Gasteiger partial charge in [-0.05, 0) is 48.0 Å². The van der Waals surface area contributed by atoms with Crippen LogP contribution in [-0.2, 0) is 13.6 Å². The molecule has 0 aliphatic heterocycles. The number of aryl methyl sites for hydroxylation is 1. The molecule has 1 heterocycles. The first kappa shape index (κ1) is 21.0. The minimum Gasteiger partial charge on any atom is -0.348 e. The first-order valence-electron chi connectivity index (χ1n) is 9.95. The Morgan fingerprint density at radius 2 is 1.66 bits per heavy atom. The summed E-state index contributed by atoms with van der Waals surface area (Å²) in [6, 6.07) is 20.9. The number of carbonyl (C=O) groups excluding carboxylic acids is 2. The first-order chi connectivity index (χ1) is 15.4. The van der Waals surface area contributed by atoms with Crippen molar-refractivity contribution in [2.45, 2.75) is 6.54 Å². The van der Waals surface area contributed by atoms with Crippen LogP contribution in [0.4, 0.5) is 10.1 Å². The molecule has 0 atom stereocenters. The van der Waals surface area contributed by atoms with Crippen LogP contribution < -0.4 is 16.2 Å². The van der Waals surface area contributed by atoms with Crippen molar-refractivity contribution in [1.82, 2.24) is 9.88 Å². The highest BCUT2D eigenvalue weighted by Crippen LogP contribution is 2.17. The van der Waals surface area contributed by atoms with E-state index >= 15 is 0 Å². The minimum absolute atomic E-state index is 0.211. The van der Waals surface area contributed by atoms with Crippen LogP contribution in [0, 0.1) is 5.82 Å². The molecule has 3 aromatic carbocycles. The maximum atomic E-state index is 13.0. The monoisotopic (exact) mass is 429 g/mol. The number of fused-ring (bicyclic) bond motifs is 1. The lowest BCUT2D eigenvalue weighted by atomic mass is 10.1. The maximum absolute atomic E-state index is 13.0. The SMILES string of the molecule is Cn1c(=O)cc(C(=O)NCc2cccc(NC(=O)c3ccc(F)cc3)c2)c2ccccc21. The van der Waals surface area contributed by atoms with Gasteiger partial charge < -0.3 is 15.2 Å². The van der Waals surface area contributed by atoms with Gasteiger partial charge in [0, 0.05) is 36.3 Å². The highest BCUT2D eigenvalue weighted by molar-refractivity contribution is 6.06. The molecule has 32 heavy (non-hydrogen) atoms. The van der Waals surface area contributed by atoms with Gasteiger partial charge in [0.2, 0.25) is 0 Å². The van der Waals surface area contributed by atoms with Gasteiger partial charge in [-0.2, -0.15) is 0 Å². The number of hydrogen-bond donors (Lipinski definition) is 2. The average Bonchev–Trinajstić information content (AvgIpc) is 2.80. The number of aromatic nitrogens is 1. The summed E-state index contributed by atoms with van der Waals surface area (Å²) in [5.41, 5.74) is 2.37. The highest BCUT2D eigenvalue weighted by atomic mass is 19.1. The van der Waals surface area contributed by atoms with Gasteiger partial charge >= 0.3 is 0 Å². The number of nitrogens with one attached hydrogen (secondary N) is 2. The van der Waals surface area contributed by atoms with Gasteiger partial charge in [-0.25, -0.2) is 4.39 Å². The van der Waals surface area contributed by atoms with E-state index in [0.717, 1.165) is 5.56 Å². The van der Waals surface area contributed by atoms with Crippen molar-refractivity contribution < 1.29 is 14.0 Å². The van der Waals surface area contributed by atoms with Crippen LogP contribution >= 0.6 is 0 Å². The Morgan fingerprint density at radius 1 is 0.906 bits per heavy atom. The molecule has 0 aliphatic carbocycles. The average molecular weight is 429 g/mol. The van der Waals surface area contributed by atoms with E-state index in [2.05, 4.69) is 10.6 Å². The zero-order valence-corrected chi connectivity index (χ0v) is 17.3. The molecule has 1 aromatic heterocycles. The summed E-state index contributed by atoms with van der Waals surface area (Å²) >= 11 is 0. The van der Waals surface area contributed by atoms with Crippen LogP contribution in [0.1, 0.15) is 26.3 Å². The smallest absolute Gasteiger partial charge is 0.255 e. The molecular weight excluding hydrogens is 409 g/mol. The molecule has 0 saturated heterocycles. The third kappa shape index (κ3) is 4.41. The molecule has 0 unspecified atom stereocenters. The number of nitrogens with zero attached hydrogens (tertiary/aromatic N) is 1. The molecule has 160 valence electrons. The van der Waals surface area contributed by atoms with Crippen molar-refractivity contribution in [2.75, 3.05) is 5.32 Å². The van der Waals surface area contributed by atoms with Crippen LogP contribution in [-0.4, -0.2) is 16.4 Å². The van der Waals surface area contributed by atoms with Gasteiger partial charge in [0.15, 0.2) is 0 Å². The van der Waals surface area contributed by atoms with E-state index in [9.17, 15) is 18.8 Å². The summed E-state index contributed by atoms with van der Waals surface area (Å²) in [6.07, 6.45) is 0. The summed E-state index contributed by atoms with van der Waals surface area (Å²) in [5.74, 6) is -1.14. The Labute approximate surface area is 183 Å². The molecule has 6 nitrogen and oxygen atoms in total. The summed E-state index contributed by atoms with van der Waals surface area (Å²) < 4.78 is 14.5. The standard InChI is InChI=1S/C25H20FN3O3/c1-29-22-8-3-2-7-20(22)21(14-23(29)30)25(32)27-15-16-5-4-6-19(13-16)28-24(31)17-9-11-18(26)12-10-17/h2-14H,15H2,1H3,(H,27,32)(H,28,31). The predicted molar refractivity (Wildman–Crippen MR) is 121 cm³/mol. The van der Waals surface area contributed by atoms with E-state index in [1.54, 1.807) is 37.4 Å². The lowest BCUT2D eigenvalue weighted by Crippen LogP contribution is -2.26. The van der Waals surface area contributed by atoms with E-state index in [1.165, 1.54) is 34.9 Å². The molecule has 4 aromatic rings. The van der Waals surface area contributed by atoms with Gasteiger partial charge in [-0.15, -0.1) is 0 Å². The van der Waals surface area contributed by atoms with Gasteiger partial charge in [-0.3, -0.25) is 14.4 Å². The number of hydrogen-bond acceptors (Lipinski definition) is 3. The van der Waals surface area contributed by atoms with Crippen molar-refractivity contribution >= 4 is 28.4 Å². The Hall–Kier alpha value is -4.26. The summed E-state index contributed by atoms with van der Waals surface area (Å²) in [6.45, 7) is 0.211. The number of carbonyl (C=O) groups is 2. The van der Waals surface area contributed by atoms with Crippen LogP contribution in [0.15, 0.2) is 83.7 Å². The molecule has 4 rings (SSSR count). The molecule has 0 aliphatic rings. The number of rotatable bonds is 5. The van der Waals surface area contributed by atoms with E-state index in [4.69, 9.17) is 0 Å². The second-order valence-electron chi connectivity index (χ2n) is 7.32. The van der Waals surface area contributed by atoms with E-state index in [-0.39, 0.29) is 23.9 Å². The Balaban J connectivity index is 1.48. The normalized spacial score (nSPS) is 10.7. The van der Waals surface area contributed by atoms with Gasteiger partial charge in [0.1, 0.15) is 5.82 Å². The number of benzene rings is 3. The van der Waals surface area contributed by atoms with E-state index in [0.29, 0.717) is 27.7 Å². The molecule has 0 bridgehead atoms. The fraction of sp³-hybridized carbons (Fsp3) is 0.0800. The Kier molecular flexibility index (Phi) is 5.81. The van der Waals surface area contributed by atoms with Crippen molar-refractivity contribution in [3.05, 3.63) is 112 Å². The van der Waals surface area contributed by atoms with Gasteiger partial charge in [-0.1, -0.05) is 30.3 Å². The molecule has 0 fully saturated rings. The van der Waals surface area contributed by atoms with Crippen LogP contribution in [0.5, 0.6) is 0 Å². The molecule has 0 saturated carbocycles. The third-order valence-corrected chi connectivity index (χ3v) is 5.14. The number of pyridine rings is 1. The van der Waals surface area contributed by atoms with Crippen LogP contribution in [0.2, 0.25) is 0 Å². The Bertz CT molecular complexity index is 1380. The number of anilines is 1. The zero-order valence-electron chi connectivity index (χ0n) is 17.3. The molecule has 0 radical (unpaired) electrons. The summed E-state index contributed by atoms with van der Waals surface area (Å²) in [7, 11) is 1.66. The quantitative estimate of drug-likeness (QED) is 0.506. The number of para-hydroxylation sites is 1. The van der Waals surface area contributed by atoms with Gasteiger partial charge in [0.05, 0.1) is 11.1 Å².